The lowest BCUT2D eigenvalue weighted by Crippen LogP contribution is -2.43. The van der Waals surface area contributed by atoms with E-state index in [9.17, 15) is 9.59 Å². The molecule has 1 N–H and O–H groups in total. The zero-order valence-electron chi connectivity index (χ0n) is 17.2. The number of carboxylic acids is 1. The Morgan fingerprint density at radius 1 is 1.11 bits per heavy atom. The van der Waals surface area contributed by atoms with Crippen molar-refractivity contribution in [2.24, 2.45) is 0 Å². The molecular weight excluding hydrogens is 390 g/mol. The molecule has 0 aliphatic carbocycles. The summed E-state index contributed by atoms with van der Waals surface area (Å²) in [6, 6.07) is 12.8. The molecule has 2 rings (SSSR count). The standard InChI is InChI=1S/C21H29NO4SSi/c1-21(2,3)28(4,5)26-14-13-22(16-9-7-6-8-10-16)19(23)15-17-11-12-18(27-17)20(24)25/h6-12H,13-15H2,1-5H3,(H,24,25). The van der Waals surface area contributed by atoms with E-state index in [1.807, 2.05) is 30.3 Å². The van der Waals surface area contributed by atoms with Crippen molar-refractivity contribution in [3.8, 4) is 0 Å². The van der Waals surface area contributed by atoms with Crippen LogP contribution >= 0.6 is 11.3 Å². The van der Waals surface area contributed by atoms with Crippen molar-refractivity contribution in [3.63, 3.8) is 0 Å². The molecule has 28 heavy (non-hydrogen) atoms. The molecule has 0 atom stereocenters. The predicted molar refractivity (Wildman–Crippen MR) is 117 cm³/mol. The average molecular weight is 420 g/mol. The van der Waals surface area contributed by atoms with Crippen LogP contribution in [0, 0.1) is 0 Å². The second-order valence-corrected chi connectivity index (χ2v) is 14.2. The van der Waals surface area contributed by atoms with Gasteiger partial charge in [-0.2, -0.15) is 0 Å². The van der Waals surface area contributed by atoms with Crippen molar-refractivity contribution in [1.29, 1.82) is 0 Å². The predicted octanol–water partition coefficient (Wildman–Crippen LogP) is 5.04. The SMILES string of the molecule is CC(C)(C)[Si](C)(C)OCCN(C(=O)Cc1ccc(C(=O)O)s1)c1ccccc1. The van der Waals surface area contributed by atoms with Gasteiger partial charge in [0.2, 0.25) is 5.91 Å². The van der Waals surface area contributed by atoms with Crippen molar-refractivity contribution in [1.82, 2.24) is 0 Å². The molecule has 2 aromatic rings. The Kier molecular flexibility index (Phi) is 7.20. The van der Waals surface area contributed by atoms with E-state index < -0.39 is 14.3 Å². The number of hydrogen-bond donors (Lipinski definition) is 1. The summed E-state index contributed by atoms with van der Waals surface area (Å²) in [6.45, 7) is 11.9. The fraction of sp³-hybridized carbons (Fsp3) is 0.429. The van der Waals surface area contributed by atoms with Gasteiger partial charge in [0.1, 0.15) is 4.88 Å². The third-order valence-electron chi connectivity index (χ3n) is 5.15. The highest BCUT2D eigenvalue weighted by atomic mass is 32.1. The molecule has 152 valence electrons. The van der Waals surface area contributed by atoms with Crippen molar-refractivity contribution < 1.29 is 19.1 Å². The van der Waals surface area contributed by atoms with Crippen LogP contribution < -0.4 is 4.90 Å². The number of anilines is 1. The van der Waals surface area contributed by atoms with Gasteiger partial charge in [0.25, 0.3) is 0 Å². The molecule has 0 fully saturated rings. The first-order valence-corrected chi connectivity index (χ1v) is 13.0. The van der Waals surface area contributed by atoms with Crippen LogP contribution in [0.2, 0.25) is 18.1 Å². The maximum Gasteiger partial charge on any atom is 0.345 e. The van der Waals surface area contributed by atoms with Crippen molar-refractivity contribution in [2.75, 3.05) is 18.1 Å². The summed E-state index contributed by atoms with van der Waals surface area (Å²) in [4.78, 5) is 26.8. The molecule has 0 saturated heterocycles. The van der Waals surface area contributed by atoms with E-state index in [0.717, 1.165) is 21.9 Å². The van der Waals surface area contributed by atoms with E-state index in [4.69, 9.17) is 9.53 Å². The first-order valence-electron chi connectivity index (χ1n) is 9.32. The average Bonchev–Trinajstić information content (AvgIpc) is 3.07. The number of thiophene rings is 1. The minimum absolute atomic E-state index is 0.0659. The van der Waals surface area contributed by atoms with E-state index in [1.54, 1.807) is 17.0 Å². The largest absolute Gasteiger partial charge is 0.477 e. The fourth-order valence-electron chi connectivity index (χ4n) is 2.45. The third-order valence-corrected chi connectivity index (χ3v) is 10.8. The highest BCUT2D eigenvalue weighted by molar-refractivity contribution is 7.14. The number of carboxylic acid groups (broad SMARTS) is 1. The van der Waals surface area contributed by atoms with E-state index >= 15 is 0 Å². The molecule has 0 spiro atoms. The van der Waals surface area contributed by atoms with Crippen LogP contribution in [0.3, 0.4) is 0 Å². The molecule has 1 amide bonds. The number of para-hydroxylation sites is 1. The summed E-state index contributed by atoms with van der Waals surface area (Å²) in [5, 5.41) is 9.19. The summed E-state index contributed by atoms with van der Waals surface area (Å²) < 4.78 is 6.25. The minimum Gasteiger partial charge on any atom is -0.477 e. The summed E-state index contributed by atoms with van der Waals surface area (Å²) in [7, 11) is -1.89. The third kappa shape index (κ3) is 5.77. The van der Waals surface area contributed by atoms with Gasteiger partial charge in [-0.15, -0.1) is 11.3 Å². The van der Waals surface area contributed by atoms with Gasteiger partial charge in [-0.3, -0.25) is 4.79 Å². The van der Waals surface area contributed by atoms with Crippen LogP contribution in [0.25, 0.3) is 0 Å². The van der Waals surface area contributed by atoms with Gasteiger partial charge in [-0.05, 0) is 42.4 Å². The number of hydrogen-bond acceptors (Lipinski definition) is 4. The van der Waals surface area contributed by atoms with Crippen molar-refractivity contribution >= 4 is 37.2 Å². The Balaban J connectivity index is 2.11. The van der Waals surface area contributed by atoms with Crippen LogP contribution in [-0.2, 0) is 15.6 Å². The van der Waals surface area contributed by atoms with Gasteiger partial charge < -0.3 is 14.4 Å². The maximum absolute atomic E-state index is 13.0. The Hall–Kier alpha value is -1.96. The molecule has 0 aliphatic rings. The number of rotatable bonds is 8. The van der Waals surface area contributed by atoms with Crippen molar-refractivity contribution in [3.05, 3.63) is 52.2 Å². The van der Waals surface area contributed by atoms with Crippen LogP contribution in [-0.4, -0.2) is 38.5 Å². The second-order valence-electron chi connectivity index (χ2n) is 8.24. The lowest BCUT2D eigenvalue weighted by Gasteiger charge is -2.36. The second kappa shape index (κ2) is 9.02. The zero-order chi connectivity index (χ0) is 20.9. The van der Waals surface area contributed by atoms with E-state index in [1.165, 1.54) is 0 Å². The fourth-order valence-corrected chi connectivity index (χ4v) is 4.32. The maximum atomic E-state index is 13.0. The number of aromatic carboxylic acids is 1. The molecule has 0 bridgehead atoms. The van der Waals surface area contributed by atoms with Crippen LogP contribution in [0.5, 0.6) is 0 Å². The highest BCUT2D eigenvalue weighted by Crippen LogP contribution is 2.36. The molecule has 7 heteroatoms. The van der Waals surface area contributed by atoms with Gasteiger partial charge >= 0.3 is 5.97 Å². The van der Waals surface area contributed by atoms with Gasteiger partial charge in [0.15, 0.2) is 8.32 Å². The Morgan fingerprint density at radius 3 is 2.29 bits per heavy atom. The van der Waals surface area contributed by atoms with Gasteiger partial charge in [0, 0.05) is 17.1 Å². The van der Waals surface area contributed by atoms with E-state index in [2.05, 4.69) is 33.9 Å². The molecule has 1 heterocycles. The van der Waals surface area contributed by atoms with Crippen LogP contribution in [0.1, 0.15) is 35.3 Å². The first kappa shape index (κ1) is 22.3. The molecular formula is C21H29NO4SSi. The lowest BCUT2D eigenvalue weighted by atomic mass is 10.2. The summed E-state index contributed by atoms with van der Waals surface area (Å²) in [6.07, 6.45) is 0.174. The summed E-state index contributed by atoms with van der Waals surface area (Å²) in [5.41, 5.74) is 0.821. The van der Waals surface area contributed by atoms with Gasteiger partial charge in [0.05, 0.1) is 13.0 Å². The Labute approximate surface area is 172 Å². The van der Waals surface area contributed by atoms with Crippen LogP contribution in [0.4, 0.5) is 5.69 Å². The molecule has 5 nitrogen and oxygen atoms in total. The lowest BCUT2D eigenvalue weighted by molar-refractivity contribution is -0.118. The highest BCUT2D eigenvalue weighted by Gasteiger charge is 2.37. The minimum atomic E-state index is -1.89. The van der Waals surface area contributed by atoms with E-state index in [0.29, 0.717) is 13.2 Å². The Bertz CT molecular complexity index is 811. The number of benzene rings is 1. The number of carbonyl (C=O) groups is 2. The quantitative estimate of drug-likeness (QED) is 0.609. The van der Waals surface area contributed by atoms with Crippen molar-refractivity contribution in [2.45, 2.75) is 45.3 Å². The topological polar surface area (TPSA) is 66.8 Å². The molecule has 0 unspecified atom stereocenters. The smallest absolute Gasteiger partial charge is 0.345 e. The molecule has 0 saturated carbocycles. The molecule has 1 aromatic carbocycles. The Morgan fingerprint density at radius 2 is 1.75 bits per heavy atom. The van der Waals surface area contributed by atoms with Gasteiger partial charge in [-0.25, -0.2) is 4.79 Å². The van der Waals surface area contributed by atoms with Crippen LogP contribution in [0.15, 0.2) is 42.5 Å². The monoisotopic (exact) mass is 419 g/mol. The first-order chi connectivity index (χ1) is 13.0. The number of nitrogens with zero attached hydrogens (tertiary/aromatic N) is 1. The summed E-state index contributed by atoms with van der Waals surface area (Å²) in [5.74, 6) is -1.03. The van der Waals surface area contributed by atoms with E-state index in [-0.39, 0.29) is 22.2 Å². The zero-order valence-corrected chi connectivity index (χ0v) is 19.0. The molecule has 0 radical (unpaired) electrons. The number of amides is 1. The molecule has 1 aromatic heterocycles. The van der Waals surface area contributed by atoms with Gasteiger partial charge in [-0.1, -0.05) is 39.0 Å². The molecule has 0 aliphatic heterocycles. The summed E-state index contributed by atoms with van der Waals surface area (Å²) >= 11 is 1.14. The normalized spacial score (nSPS) is 12.0. The number of carbonyl (C=O) groups excluding carboxylic acids is 1.